The summed E-state index contributed by atoms with van der Waals surface area (Å²) in [6, 6.07) is 0. The van der Waals surface area contributed by atoms with Crippen molar-refractivity contribution in [1.29, 1.82) is 0 Å². The van der Waals surface area contributed by atoms with Crippen molar-refractivity contribution in [2.75, 3.05) is 13.1 Å². The fraction of sp³-hybridized carbons (Fsp3) is 0.714. The SMILES string of the molecule is O=C(O)C1CCN(C(=O)/C=C/C2CCCCC2)C1. The average molecular weight is 251 g/mol. The van der Waals surface area contributed by atoms with Gasteiger partial charge >= 0.3 is 5.97 Å². The molecule has 1 amide bonds. The van der Waals surface area contributed by atoms with Crippen molar-refractivity contribution in [3.8, 4) is 0 Å². The Bertz CT molecular complexity index is 345. The highest BCUT2D eigenvalue weighted by Gasteiger charge is 2.29. The number of hydrogen-bond acceptors (Lipinski definition) is 2. The molecule has 2 aliphatic rings. The molecule has 4 nitrogen and oxygen atoms in total. The fourth-order valence-corrected chi connectivity index (χ4v) is 2.81. The number of amides is 1. The number of hydrogen-bond donors (Lipinski definition) is 1. The molecule has 4 heteroatoms. The summed E-state index contributed by atoms with van der Waals surface area (Å²) in [6.45, 7) is 0.938. The minimum Gasteiger partial charge on any atom is -0.481 e. The van der Waals surface area contributed by atoms with Crippen LogP contribution in [0.3, 0.4) is 0 Å². The summed E-state index contributed by atoms with van der Waals surface area (Å²) in [5, 5.41) is 8.89. The van der Waals surface area contributed by atoms with Crippen LogP contribution in [0.5, 0.6) is 0 Å². The molecule has 2 fully saturated rings. The minimum absolute atomic E-state index is 0.0238. The van der Waals surface area contributed by atoms with Crippen molar-refractivity contribution in [3.63, 3.8) is 0 Å². The van der Waals surface area contributed by atoms with Crippen molar-refractivity contribution in [2.24, 2.45) is 11.8 Å². The lowest BCUT2D eigenvalue weighted by atomic mass is 9.89. The first-order chi connectivity index (χ1) is 8.66. The summed E-state index contributed by atoms with van der Waals surface area (Å²) in [6.07, 6.45) is 10.4. The summed E-state index contributed by atoms with van der Waals surface area (Å²) < 4.78 is 0. The highest BCUT2D eigenvalue weighted by Crippen LogP contribution is 2.24. The summed E-state index contributed by atoms with van der Waals surface area (Å²) in [7, 11) is 0. The maximum atomic E-state index is 11.9. The van der Waals surface area contributed by atoms with Crippen LogP contribution in [0.25, 0.3) is 0 Å². The van der Waals surface area contributed by atoms with E-state index in [4.69, 9.17) is 5.11 Å². The number of carboxylic acids is 1. The third kappa shape index (κ3) is 3.34. The lowest BCUT2D eigenvalue weighted by molar-refractivity contribution is -0.141. The Morgan fingerprint density at radius 3 is 2.44 bits per heavy atom. The van der Waals surface area contributed by atoms with Crippen LogP contribution in [0.15, 0.2) is 12.2 Å². The maximum absolute atomic E-state index is 11.9. The molecule has 0 spiro atoms. The van der Waals surface area contributed by atoms with Gasteiger partial charge in [-0.2, -0.15) is 0 Å². The number of carbonyl (C=O) groups excluding carboxylic acids is 1. The molecule has 1 N–H and O–H groups in total. The smallest absolute Gasteiger partial charge is 0.308 e. The molecule has 1 heterocycles. The van der Waals surface area contributed by atoms with Crippen LogP contribution in [-0.4, -0.2) is 35.0 Å². The molecule has 0 bridgehead atoms. The highest BCUT2D eigenvalue weighted by molar-refractivity contribution is 5.88. The average Bonchev–Trinajstić information content (AvgIpc) is 2.87. The largest absolute Gasteiger partial charge is 0.481 e. The minimum atomic E-state index is -0.790. The Morgan fingerprint density at radius 1 is 1.11 bits per heavy atom. The first kappa shape index (κ1) is 13.1. The van der Waals surface area contributed by atoms with Gasteiger partial charge in [-0.3, -0.25) is 9.59 Å². The van der Waals surface area contributed by atoms with Gasteiger partial charge < -0.3 is 10.0 Å². The van der Waals surface area contributed by atoms with Crippen molar-refractivity contribution in [2.45, 2.75) is 38.5 Å². The van der Waals surface area contributed by atoms with Crippen LogP contribution in [0.2, 0.25) is 0 Å². The van der Waals surface area contributed by atoms with Crippen LogP contribution in [0, 0.1) is 11.8 Å². The quantitative estimate of drug-likeness (QED) is 0.781. The standard InChI is InChI=1S/C14H21NO3/c16-13(7-6-11-4-2-1-3-5-11)15-9-8-12(10-15)14(17)18/h6-7,11-12H,1-5,8-10H2,(H,17,18)/b7-6+. The van der Waals surface area contributed by atoms with Gasteiger partial charge in [-0.1, -0.05) is 25.3 Å². The molecule has 1 saturated heterocycles. The molecule has 0 aromatic heterocycles. The lowest BCUT2D eigenvalue weighted by Crippen LogP contribution is -2.28. The van der Waals surface area contributed by atoms with Gasteiger partial charge in [-0.15, -0.1) is 0 Å². The number of nitrogens with zero attached hydrogens (tertiary/aromatic N) is 1. The molecule has 1 saturated carbocycles. The molecule has 18 heavy (non-hydrogen) atoms. The zero-order chi connectivity index (χ0) is 13.0. The van der Waals surface area contributed by atoms with Crippen LogP contribution in [-0.2, 0) is 9.59 Å². The molecular formula is C14H21NO3. The van der Waals surface area contributed by atoms with Gasteiger partial charge in [0.15, 0.2) is 0 Å². The zero-order valence-corrected chi connectivity index (χ0v) is 10.7. The second-order valence-electron chi connectivity index (χ2n) is 5.37. The summed E-state index contributed by atoms with van der Waals surface area (Å²) in [5.41, 5.74) is 0. The number of likely N-dealkylation sites (tertiary alicyclic amines) is 1. The van der Waals surface area contributed by atoms with E-state index in [9.17, 15) is 9.59 Å². The summed E-state index contributed by atoms with van der Waals surface area (Å²) >= 11 is 0. The molecule has 100 valence electrons. The Morgan fingerprint density at radius 2 is 1.83 bits per heavy atom. The molecule has 0 aromatic carbocycles. The fourth-order valence-electron chi connectivity index (χ4n) is 2.81. The molecule has 0 radical (unpaired) electrons. The van der Waals surface area contributed by atoms with Gasteiger partial charge in [0.05, 0.1) is 5.92 Å². The normalized spacial score (nSPS) is 25.8. The van der Waals surface area contributed by atoms with Crippen LogP contribution in [0.4, 0.5) is 0 Å². The first-order valence-electron chi connectivity index (χ1n) is 6.86. The van der Waals surface area contributed by atoms with E-state index in [-0.39, 0.29) is 11.8 Å². The lowest BCUT2D eigenvalue weighted by Gasteiger charge is -2.18. The van der Waals surface area contributed by atoms with Crippen molar-refractivity contribution in [1.82, 2.24) is 4.90 Å². The third-order valence-electron chi connectivity index (χ3n) is 4.01. The van der Waals surface area contributed by atoms with E-state index in [0.717, 1.165) is 0 Å². The van der Waals surface area contributed by atoms with Crippen molar-refractivity contribution < 1.29 is 14.7 Å². The topological polar surface area (TPSA) is 57.6 Å². The molecule has 0 aromatic rings. The number of aliphatic carboxylic acids is 1. The second-order valence-corrected chi connectivity index (χ2v) is 5.37. The van der Waals surface area contributed by atoms with Gasteiger partial charge in [-0.05, 0) is 31.3 Å². The van der Waals surface area contributed by atoms with Crippen LogP contribution in [0.1, 0.15) is 38.5 Å². The van der Waals surface area contributed by atoms with Crippen molar-refractivity contribution >= 4 is 11.9 Å². The maximum Gasteiger partial charge on any atom is 0.308 e. The van der Waals surface area contributed by atoms with E-state index in [1.165, 1.54) is 32.1 Å². The van der Waals surface area contributed by atoms with Gasteiger partial charge in [-0.25, -0.2) is 0 Å². The van der Waals surface area contributed by atoms with E-state index >= 15 is 0 Å². The van der Waals surface area contributed by atoms with E-state index in [2.05, 4.69) is 0 Å². The Balaban J connectivity index is 1.81. The van der Waals surface area contributed by atoms with E-state index < -0.39 is 5.97 Å². The van der Waals surface area contributed by atoms with Gasteiger partial charge in [0.25, 0.3) is 0 Å². The zero-order valence-electron chi connectivity index (χ0n) is 10.7. The molecule has 1 aliphatic heterocycles. The monoisotopic (exact) mass is 251 g/mol. The summed E-state index contributed by atoms with van der Waals surface area (Å²) in [5.74, 6) is -0.650. The van der Waals surface area contributed by atoms with Crippen LogP contribution < -0.4 is 0 Å². The first-order valence-corrected chi connectivity index (χ1v) is 6.86. The predicted molar refractivity (Wildman–Crippen MR) is 68.0 cm³/mol. The Labute approximate surface area is 108 Å². The Hall–Kier alpha value is -1.32. The molecule has 2 rings (SSSR count). The van der Waals surface area contributed by atoms with Gasteiger partial charge in [0.1, 0.15) is 0 Å². The second kappa shape index (κ2) is 6.03. The summed E-state index contributed by atoms with van der Waals surface area (Å²) in [4.78, 5) is 24.4. The molecule has 1 unspecified atom stereocenters. The van der Waals surface area contributed by atoms with Crippen molar-refractivity contribution in [3.05, 3.63) is 12.2 Å². The predicted octanol–water partition coefficient (Wildman–Crippen LogP) is 2.06. The third-order valence-corrected chi connectivity index (χ3v) is 4.01. The number of carbonyl (C=O) groups is 2. The van der Waals surface area contributed by atoms with E-state index in [1.54, 1.807) is 11.0 Å². The van der Waals surface area contributed by atoms with Gasteiger partial charge in [0.2, 0.25) is 5.91 Å². The number of carboxylic acid groups (broad SMARTS) is 1. The molecule has 1 atom stereocenters. The molecule has 1 aliphatic carbocycles. The van der Waals surface area contributed by atoms with Gasteiger partial charge in [0, 0.05) is 13.1 Å². The Kier molecular flexibility index (Phi) is 4.39. The van der Waals surface area contributed by atoms with E-state index in [1.807, 2.05) is 6.08 Å². The number of rotatable bonds is 3. The van der Waals surface area contributed by atoms with Crippen LogP contribution >= 0.6 is 0 Å². The number of allylic oxidation sites excluding steroid dienone is 1. The molecular weight excluding hydrogens is 230 g/mol. The van der Waals surface area contributed by atoms with E-state index in [0.29, 0.717) is 25.4 Å². The highest BCUT2D eigenvalue weighted by atomic mass is 16.4.